The fraction of sp³-hybridized carbons (Fsp3) is 0.222. The van der Waals surface area contributed by atoms with Crippen LogP contribution in [0.5, 0.6) is 11.5 Å². The minimum atomic E-state index is -0.415. The van der Waals surface area contributed by atoms with Gasteiger partial charge < -0.3 is 14.9 Å². The molecule has 0 atom stereocenters. The molecule has 148 valence electrons. The van der Waals surface area contributed by atoms with E-state index >= 15 is 0 Å². The van der Waals surface area contributed by atoms with Gasteiger partial charge in [-0.15, -0.1) is 0 Å². The second-order valence-electron chi connectivity index (χ2n) is 5.68. The highest BCUT2D eigenvalue weighted by Gasteiger charge is 2.14. The van der Waals surface area contributed by atoms with E-state index in [0.29, 0.717) is 40.0 Å². The number of halogens is 3. The van der Waals surface area contributed by atoms with Gasteiger partial charge in [0.25, 0.3) is 0 Å². The van der Waals surface area contributed by atoms with Gasteiger partial charge in [0.05, 0.1) is 18.2 Å². The summed E-state index contributed by atoms with van der Waals surface area (Å²) in [5.41, 5.74) is 4.35. The van der Waals surface area contributed by atoms with Crippen molar-refractivity contribution < 1.29 is 13.9 Å². The summed E-state index contributed by atoms with van der Waals surface area (Å²) in [4.78, 5) is 0. The van der Waals surface area contributed by atoms with Crippen molar-refractivity contribution in [3.05, 3.63) is 67.9 Å². The standard InChI is InChI=1S/C18H17BrClFN4O2S/c1-2-26-16-6-11(8-23-25-10-22-24-18(25)28)13(19)7-17(16)27-9-12-14(20)4-3-5-15(12)21/h3-7,10,23H,2,8-9H2,1H3,(H,24,28). The predicted molar refractivity (Wildman–Crippen MR) is 112 cm³/mol. The molecule has 2 aromatic carbocycles. The van der Waals surface area contributed by atoms with Crippen LogP contribution in [0, 0.1) is 10.6 Å². The van der Waals surface area contributed by atoms with Crippen molar-refractivity contribution in [2.45, 2.75) is 20.1 Å². The molecular formula is C18H17BrClFN4O2S. The first-order valence-electron chi connectivity index (χ1n) is 8.36. The SMILES string of the molecule is CCOc1cc(CNn2cn[nH]c2=S)c(Br)cc1OCc1c(F)cccc1Cl. The van der Waals surface area contributed by atoms with Gasteiger partial charge in [-0.25, -0.2) is 9.07 Å². The van der Waals surface area contributed by atoms with Crippen LogP contribution in [0.3, 0.4) is 0 Å². The number of hydrogen-bond acceptors (Lipinski definition) is 5. The van der Waals surface area contributed by atoms with Gasteiger partial charge in [-0.05, 0) is 49.0 Å². The van der Waals surface area contributed by atoms with Crippen LogP contribution >= 0.6 is 39.7 Å². The summed E-state index contributed by atoms with van der Waals surface area (Å²) < 4.78 is 28.3. The molecule has 1 aromatic heterocycles. The molecule has 28 heavy (non-hydrogen) atoms. The Kier molecular flexibility index (Phi) is 6.93. The summed E-state index contributed by atoms with van der Waals surface area (Å²) in [5.74, 6) is 0.615. The van der Waals surface area contributed by atoms with E-state index in [2.05, 4.69) is 31.6 Å². The van der Waals surface area contributed by atoms with Crippen molar-refractivity contribution in [3.8, 4) is 11.5 Å². The lowest BCUT2D eigenvalue weighted by Crippen LogP contribution is -2.14. The number of hydrogen-bond donors (Lipinski definition) is 2. The molecule has 0 bridgehead atoms. The van der Waals surface area contributed by atoms with Gasteiger partial charge in [-0.2, -0.15) is 5.10 Å². The largest absolute Gasteiger partial charge is 0.490 e. The average Bonchev–Trinajstić information content (AvgIpc) is 3.07. The second-order valence-corrected chi connectivity index (χ2v) is 7.33. The zero-order valence-corrected chi connectivity index (χ0v) is 18.0. The fourth-order valence-electron chi connectivity index (χ4n) is 2.45. The fourth-order valence-corrected chi connectivity index (χ4v) is 3.29. The molecule has 3 rings (SSSR count). The summed E-state index contributed by atoms with van der Waals surface area (Å²) in [7, 11) is 0. The van der Waals surface area contributed by atoms with Gasteiger partial charge in [0.1, 0.15) is 18.8 Å². The monoisotopic (exact) mass is 486 g/mol. The molecule has 6 nitrogen and oxygen atoms in total. The number of aromatic nitrogens is 3. The molecule has 0 spiro atoms. The van der Waals surface area contributed by atoms with Gasteiger partial charge in [0.2, 0.25) is 4.77 Å². The molecule has 3 aromatic rings. The van der Waals surface area contributed by atoms with E-state index in [9.17, 15) is 4.39 Å². The van der Waals surface area contributed by atoms with Gasteiger partial charge >= 0.3 is 0 Å². The molecule has 2 N–H and O–H groups in total. The van der Waals surface area contributed by atoms with Crippen LogP contribution in [-0.4, -0.2) is 21.5 Å². The van der Waals surface area contributed by atoms with E-state index in [1.807, 2.05) is 13.0 Å². The van der Waals surface area contributed by atoms with Crippen LogP contribution in [0.2, 0.25) is 5.02 Å². The maximum Gasteiger partial charge on any atom is 0.214 e. The highest BCUT2D eigenvalue weighted by molar-refractivity contribution is 9.10. The summed E-state index contributed by atoms with van der Waals surface area (Å²) in [6.07, 6.45) is 1.55. The minimum absolute atomic E-state index is 0.0141. The van der Waals surface area contributed by atoms with Crippen molar-refractivity contribution in [1.29, 1.82) is 0 Å². The van der Waals surface area contributed by atoms with E-state index in [4.69, 9.17) is 33.3 Å². The quantitative estimate of drug-likeness (QED) is 0.427. The summed E-state index contributed by atoms with van der Waals surface area (Å²) in [5, 5.41) is 6.84. The third-order valence-electron chi connectivity index (χ3n) is 3.84. The molecule has 0 aliphatic heterocycles. The Hall–Kier alpha value is -2.10. The van der Waals surface area contributed by atoms with Crippen LogP contribution in [0.1, 0.15) is 18.1 Å². The van der Waals surface area contributed by atoms with Crippen molar-refractivity contribution >= 4 is 39.7 Å². The zero-order chi connectivity index (χ0) is 20.1. The highest BCUT2D eigenvalue weighted by atomic mass is 79.9. The number of H-pyrrole nitrogens is 1. The molecule has 0 fully saturated rings. The molecule has 1 heterocycles. The Morgan fingerprint density at radius 3 is 2.79 bits per heavy atom. The number of ether oxygens (including phenoxy) is 2. The summed E-state index contributed by atoms with van der Waals surface area (Å²) >= 11 is 14.7. The Bertz CT molecular complexity index is 1010. The highest BCUT2D eigenvalue weighted by Crippen LogP contribution is 2.35. The van der Waals surface area contributed by atoms with Crippen molar-refractivity contribution in [3.63, 3.8) is 0 Å². The smallest absolute Gasteiger partial charge is 0.214 e. The van der Waals surface area contributed by atoms with Gasteiger partial charge in [0, 0.05) is 10.0 Å². The lowest BCUT2D eigenvalue weighted by molar-refractivity contribution is 0.265. The Labute approximate surface area is 179 Å². The van der Waals surface area contributed by atoms with Crippen molar-refractivity contribution in [1.82, 2.24) is 14.9 Å². The van der Waals surface area contributed by atoms with Crippen LogP contribution in [0.15, 0.2) is 41.1 Å². The van der Waals surface area contributed by atoms with Crippen LogP contribution in [-0.2, 0) is 13.2 Å². The molecule has 0 unspecified atom stereocenters. The molecule has 0 aliphatic rings. The number of aromatic amines is 1. The first-order valence-corrected chi connectivity index (χ1v) is 9.94. The first-order chi connectivity index (χ1) is 13.5. The van der Waals surface area contributed by atoms with E-state index in [0.717, 1.165) is 10.0 Å². The third-order valence-corrected chi connectivity index (χ3v) is 5.22. The maximum absolute atomic E-state index is 14.0. The van der Waals surface area contributed by atoms with E-state index < -0.39 is 5.82 Å². The van der Waals surface area contributed by atoms with Crippen LogP contribution < -0.4 is 14.9 Å². The van der Waals surface area contributed by atoms with Crippen LogP contribution in [0.4, 0.5) is 4.39 Å². The molecule has 0 saturated carbocycles. The Morgan fingerprint density at radius 1 is 1.32 bits per heavy atom. The molecule has 0 saturated heterocycles. The predicted octanol–water partition coefficient (Wildman–Crippen LogP) is 5.22. The number of nitrogens with zero attached hydrogens (tertiary/aromatic N) is 2. The van der Waals surface area contributed by atoms with Gasteiger partial charge in [-0.3, -0.25) is 5.10 Å². The van der Waals surface area contributed by atoms with Gasteiger partial charge in [0.15, 0.2) is 11.5 Å². The van der Waals surface area contributed by atoms with Crippen LogP contribution in [0.25, 0.3) is 0 Å². The second kappa shape index (κ2) is 9.40. The molecular weight excluding hydrogens is 471 g/mol. The van der Waals surface area contributed by atoms with Gasteiger partial charge in [-0.1, -0.05) is 33.6 Å². The van der Waals surface area contributed by atoms with Crippen molar-refractivity contribution in [2.75, 3.05) is 12.0 Å². The Morgan fingerprint density at radius 2 is 2.11 bits per heavy atom. The zero-order valence-electron chi connectivity index (χ0n) is 14.8. The lowest BCUT2D eigenvalue weighted by atomic mass is 10.2. The average molecular weight is 488 g/mol. The molecule has 0 amide bonds. The first kappa shape index (κ1) is 20.6. The topological polar surface area (TPSA) is 64.1 Å². The minimum Gasteiger partial charge on any atom is -0.490 e. The Balaban J connectivity index is 1.80. The number of rotatable bonds is 8. The van der Waals surface area contributed by atoms with E-state index in [1.165, 1.54) is 6.07 Å². The lowest BCUT2D eigenvalue weighted by Gasteiger charge is -2.16. The molecule has 0 aliphatic carbocycles. The third kappa shape index (κ3) is 4.84. The van der Waals surface area contributed by atoms with E-state index in [-0.39, 0.29) is 6.61 Å². The number of nitrogens with one attached hydrogen (secondary N) is 2. The van der Waals surface area contributed by atoms with E-state index in [1.54, 1.807) is 29.2 Å². The maximum atomic E-state index is 14.0. The molecule has 0 radical (unpaired) electrons. The summed E-state index contributed by atoms with van der Waals surface area (Å²) in [6.45, 7) is 2.79. The normalized spacial score (nSPS) is 10.7. The summed E-state index contributed by atoms with van der Waals surface area (Å²) in [6, 6.07) is 8.16. The molecule has 10 heteroatoms. The van der Waals surface area contributed by atoms with Crippen molar-refractivity contribution in [2.24, 2.45) is 0 Å². The number of benzene rings is 2.